The lowest BCUT2D eigenvalue weighted by atomic mass is 10.0. The minimum Gasteiger partial charge on any atom is -0.508 e. The Bertz CT molecular complexity index is 1720. The number of hydrogen-bond donors (Lipinski definition) is 4. The number of phenols is 2. The first-order chi connectivity index (χ1) is 24.2. The summed E-state index contributed by atoms with van der Waals surface area (Å²) in [6.45, 7) is -0.572. The normalized spacial score (nSPS) is 17.1. The maximum Gasteiger partial charge on any atom is 0.276 e. The minimum absolute atomic E-state index is 0.0530. The molecule has 0 aromatic heterocycles. The van der Waals surface area contributed by atoms with Crippen molar-refractivity contribution >= 4 is 47.2 Å². The van der Waals surface area contributed by atoms with E-state index in [4.69, 9.17) is 9.47 Å². The molecule has 12 nitrogen and oxygen atoms in total. The van der Waals surface area contributed by atoms with Crippen LogP contribution in [-0.2, 0) is 32.0 Å². The molecule has 50 heavy (non-hydrogen) atoms. The molecular weight excluding hydrogens is 681 g/mol. The lowest BCUT2D eigenvalue weighted by molar-refractivity contribution is -0.140. The van der Waals surface area contributed by atoms with Crippen LogP contribution in [0.3, 0.4) is 0 Å². The van der Waals surface area contributed by atoms with E-state index in [0.29, 0.717) is 22.6 Å². The number of rotatable bonds is 13. The van der Waals surface area contributed by atoms with Gasteiger partial charge < -0.3 is 19.7 Å². The Morgan fingerprint density at radius 3 is 1.38 bits per heavy atom. The molecule has 2 aliphatic heterocycles. The number of nitrogens with zero attached hydrogens (tertiary/aromatic N) is 2. The van der Waals surface area contributed by atoms with Crippen molar-refractivity contribution in [2.75, 3.05) is 24.7 Å². The predicted octanol–water partition coefficient (Wildman–Crippen LogP) is 4.25. The molecule has 4 aromatic rings. The number of hydrogen-bond acceptors (Lipinski definition) is 10. The zero-order valence-electron chi connectivity index (χ0n) is 26.7. The molecule has 0 aliphatic carbocycles. The number of aryl methyl sites for hydroxylation is 2. The number of para-hydroxylation sites is 2. The van der Waals surface area contributed by atoms with Crippen LogP contribution >= 0.6 is 23.5 Å². The molecule has 4 amide bonds. The molecule has 4 aromatic carbocycles. The molecule has 0 bridgehead atoms. The summed E-state index contributed by atoms with van der Waals surface area (Å²) in [6, 6.07) is 28.2. The van der Waals surface area contributed by atoms with Gasteiger partial charge >= 0.3 is 0 Å². The van der Waals surface area contributed by atoms with Crippen LogP contribution in [0.2, 0.25) is 0 Å². The lowest BCUT2D eigenvalue weighted by Crippen LogP contribution is -2.46. The van der Waals surface area contributed by atoms with E-state index in [-0.39, 0.29) is 48.0 Å². The molecule has 0 spiro atoms. The Hall–Kier alpha value is -5.34. The van der Waals surface area contributed by atoms with Gasteiger partial charge in [0.25, 0.3) is 23.6 Å². The Labute approximate surface area is 296 Å². The van der Waals surface area contributed by atoms with Crippen molar-refractivity contribution in [1.82, 2.24) is 20.9 Å². The van der Waals surface area contributed by atoms with Crippen molar-refractivity contribution in [2.24, 2.45) is 0 Å². The van der Waals surface area contributed by atoms with E-state index in [1.165, 1.54) is 33.5 Å². The van der Waals surface area contributed by atoms with Crippen LogP contribution in [0, 0.1) is 0 Å². The van der Waals surface area contributed by atoms with Crippen molar-refractivity contribution in [2.45, 2.75) is 23.6 Å². The van der Waals surface area contributed by atoms with Crippen LogP contribution in [0.1, 0.15) is 33.0 Å². The van der Waals surface area contributed by atoms with E-state index in [0.717, 1.165) is 24.0 Å². The number of benzene rings is 4. The van der Waals surface area contributed by atoms with Gasteiger partial charge in [-0.2, -0.15) is 0 Å². The third kappa shape index (κ3) is 8.44. The Morgan fingerprint density at radius 2 is 1.00 bits per heavy atom. The van der Waals surface area contributed by atoms with Crippen LogP contribution in [0.5, 0.6) is 23.0 Å². The van der Waals surface area contributed by atoms with Gasteiger partial charge in [-0.25, -0.2) is 10.0 Å². The summed E-state index contributed by atoms with van der Waals surface area (Å²) in [7, 11) is 0. The molecule has 14 heteroatoms. The van der Waals surface area contributed by atoms with Crippen molar-refractivity contribution < 1.29 is 38.9 Å². The van der Waals surface area contributed by atoms with Gasteiger partial charge in [0, 0.05) is 11.1 Å². The number of thioether (sulfide) groups is 2. The molecule has 2 saturated heterocycles. The molecule has 0 radical (unpaired) electrons. The molecule has 2 aliphatic rings. The van der Waals surface area contributed by atoms with Gasteiger partial charge in [0.2, 0.25) is 0 Å². The Kier molecular flexibility index (Phi) is 11.0. The van der Waals surface area contributed by atoms with Crippen molar-refractivity contribution in [3.8, 4) is 23.0 Å². The molecule has 2 fully saturated rings. The second kappa shape index (κ2) is 15.9. The van der Waals surface area contributed by atoms with E-state index in [1.54, 1.807) is 72.8 Å². The minimum atomic E-state index is -0.527. The summed E-state index contributed by atoms with van der Waals surface area (Å²) in [4.78, 5) is 50.0. The Balaban J connectivity index is 0.919. The number of aromatic hydroxyl groups is 2. The Morgan fingerprint density at radius 1 is 0.620 bits per heavy atom. The van der Waals surface area contributed by atoms with Crippen LogP contribution in [0.15, 0.2) is 97.1 Å². The van der Waals surface area contributed by atoms with Gasteiger partial charge in [-0.15, -0.1) is 23.5 Å². The maximum atomic E-state index is 12.6. The summed E-state index contributed by atoms with van der Waals surface area (Å²) in [5.41, 5.74) is 8.43. The summed E-state index contributed by atoms with van der Waals surface area (Å²) >= 11 is 2.64. The number of hydrazine groups is 2. The second-order valence-electron chi connectivity index (χ2n) is 11.4. The van der Waals surface area contributed by atoms with Crippen molar-refractivity contribution in [3.05, 3.63) is 119 Å². The number of phenolic OH excluding ortho intramolecular Hbond substituents is 2. The lowest BCUT2D eigenvalue weighted by Gasteiger charge is -2.25. The van der Waals surface area contributed by atoms with Gasteiger partial charge in [-0.3, -0.25) is 30.0 Å². The van der Waals surface area contributed by atoms with Crippen molar-refractivity contribution in [1.29, 1.82) is 0 Å². The van der Waals surface area contributed by atoms with Gasteiger partial charge in [-0.05, 0) is 60.4 Å². The average Bonchev–Trinajstić information content (AvgIpc) is 3.67. The van der Waals surface area contributed by atoms with E-state index in [1.807, 2.05) is 24.3 Å². The van der Waals surface area contributed by atoms with Crippen LogP contribution in [0.4, 0.5) is 0 Å². The third-order valence-corrected chi connectivity index (χ3v) is 10.3. The molecule has 0 saturated carbocycles. The van der Waals surface area contributed by atoms with E-state index >= 15 is 0 Å². The molecule has 258 valence electrons. The molecule has 6 rings (SSSR count). The maximum absolute atomic E-state index is 12.6. The number of carbonyl (C=O) groups is 4. The fourth-order valence-corrected chi connectivity index (χ4v) is 7.64. The van der Waals surface area contributed by atoms with Crippen LogP contribution < -0.4 is 20.3 Å². The topological polar surface area (TPSA) is 158 Å². The second-order valence-corrected chi connectivity index (χ2v) is 13.5. The molecule has 2 unspecified atom stereocenters. The first-order valence-corrected chi connectivity index (χ1v) is 17.8. The first-order valence-electron chi connectivity index (χ1n) is 15.7. The van der Waals surface area contributed by atoms with Gasteiger partial charge in [0.1, 0.15) is 33.7 Å². The van der Waals surface area contributed by atoms with E-state index in [9.17, 15) is 29.4 Å². The van der Waals surface area contributed by atoms with Gasteiger partial charge in [-0.1, -0.05) is 60.7 Å². The fraction of sp³-hybridized carbons (Fsp3) is 0.222. The van der Waals surface area contributed by atoms with Crippen molar-refractivity contribution in [3.63, 3.8) is 0 Å². The largest absolute Gasteiger partial charge is 0.508 e. The first kappa shape index (κ1) is 34.5. The predicted molar refractivity (Wildman–Crippen MR) is 188 cm³/mol. The summed E-state index contributed by atoms with van der Waals surface area (Å²) < 4.78 is 11.3. The van der Waals surface area contributed by atoms with E-state index < -0.39 is 22.6 Å². The highest BCUT2D eigenvalue weighted by molar-refractivity contribution is 8.00. The number of carbonyl (C=O) groups excluding carboxylic acids is 4. The molecular formula is C36H34N4O8S2. The standard InChI is InChI=1S/C36H34N4O8S2/c41-29-7-3-1-5-27(29)35-39(33(45)21-49-35)37-31(43)19-47-25-15-11-23(12-16-25)9-10-24-13-17-26(18-14-24)48-20-32(44)38-40-34(46)22-50-36(40)28-6-2-4-8-30(28)42/h1-8,11-18,35-36,41-42H,9-10,19-22H2,(H,37,43)(H,38,44). The third-order valence-electron chi connectivity index (χ3n) is 7.92. The van der Waals surface area contributed by atoms with Crippen LogP contribution in [-0.4, -0.2) is 68.6 Å². The quantitative estimate of drug-likeness (QED) is 0.158. The molecule has 4 N–H and O–H groups in total. The highest BCUT2D eigenvalue weighted by Gasteiger charge is 2.37. The highest BCUT2D eigenvalue weighted by Crippen LogP contribution is 2.42. The SMILES string of the molecule is O=C(COc1ccc(CCc2ccc(OCC(=O)NN3C(=O)CSC3c3ccccc3O)cc2)cc1)NN1C(=O)CSC1c1ccccc1O. The summed E-state index contributed by atoms with van der Waals surface area (Å²) in [5.74, 6) is -0.00595. The number of ether oxygens (including phenoxy) is 2. The smallest absolute Gasteiger partial charge is 0.276 e. The monoisotopic (exact) mass is 714 g/mol. The number of nitrogens with one attached hydrogen (secondary N) is 2. The zero-order chi connectivity index (χ0) is 35.0. The fourth-order valence-electron chi connectivity index (χ4n) is 5.37. The van der Waals surface area contributed by atoms with Crippen LogP contribution in [0.25, 0.3) is 0 Å². The molecule has 2 heterocycles. The van der Waals surface area contributed by atoms with Gasteiger partial charge in [0.15, 0.2) is 13.2 Å². The number of amides is 4. The zero-order valence-corrected chi connectivity index (χ0v) is 28.3. The highest BCUT2D eigenvalue weighted by atomic mass is 32.2. The summed E-state index contributed by atoms with van der Waals surface area (Å²) in [5, 5.41) is 21.8. The molecule has 2 atom stereocenters. The van der Waals surface area contributed by atoms with Gasteiger partial charge in [0.05, 0.1) is 11.5 Å². The average molecular weight is 715 g/mol. The van der Waals surface area contributed by atoms with E-state index in [2.05, 4.69) is 10.9 Å². The summed E-state index contributed by atoms with van der Waals surface area (Å²) in [6.07, 6.45) is 1.51.